The molecule has 7 heteroatoms. The predicted octanol–water partition coefficient (Wildman–Crippen LogP) is 1.08. The third-order valence-electron chi connectivity index (χ3n) is 4.20. The Bertz CT molecular complexity index is 725. The van der Waals surface area contributed by atoms with E-state index in [0.29, 0.717) is 44.2 Å². The van der Waals surface area contributed by atoms with Gasteiger partial charge in [0.1, 0.15) is 0 Å². The van der Waals surface area contributed by atoms with Crippen LogP contribution < -0.4 is 10.2 Å². The highest BCUT2D eigenvalue weighted by atomic mass is 16.2. The van der Waals surface area contributed by atoms with Crippen LogP contribution in [0.5, 0.6) is 0 Å². The van der Waals surface area contributed by atoms with E-state index in [2.05, 4.69) is 15.3 Å². The minimum absolute atomic E-state index is 0.0889. The minimum Gasteiger partial charge on any atom is -0.348 e. The average molecular weight is 339 g/mol. The SMILES string of the molecule is CC(=O)N1CCN(c2ncc(C(=O)NCc3ccccc3)cn2)CC1. The smallest absolute Gasteiger partial charge is 0.254 e. The lowest BCUT2D eigenvalue weighted by molar-refractivity contribution is -0.129. The number of rotatable bonds is 4. The molecule has 2 aromatic rings. The summed E-state index contributed by atoms with van der Waals surface area (Å²) in [5.41, 5.74) is 1.47. The molecule has 2 heterocycles. The largest absolute Gasteiger partial charge is 0.348 e. The third-order valence-corrected chi connectivity index (χ3v) is 4.20. The van der Waals surface area contributed by atoms with Crippen LogP contribution in [-0.2, 0) is 11.3 Å². The molecule has 0 aliphatic carbocycles. The van der Waals surface area contributed by atoms with Crippen LogP contribution in [0.25, 0.3) is 0 Å². The molecular formula is C18H21N5O2. The fourth-order valence-corrected chi connectivity index (χ4v) is 2.70. The number of aromatic nitrogens is 2. The van der Waals surface area contributed by atoms with E-state index in [1.807, 2.05) is 40.1 Å². The lowest BCUT2D eigenvalue weighted by Crippen LogP contribution is -2.48. The summed E-state index contributed by atoms with van der Waals surface area (Å²) in [6.45, 7) is 4.76. The molecule has 25 heavy (non-hydrogen) atoms. The molecule has 1 aromatic heterocycles. The van der Waals surface area contributed by atoms with Crippen LogP contribution in [0, 0.1) is 0 Å². The van der Waals surface area contributed by atoms with Crippen molar-refractivity contribution >= 4 is 17.8 Å². The Hall–Kier alpha value is -2.96. The van der Waals surface area contributed by atoms with Gasteiger partial charge in [0.05, 0.1) is 5.56 Å². The van der Waals surface area contributed by atoms with E-state index in [0.717, 1.165) is 5.56 Å². The lowest BCUT2D eigenvalue weighted by Gasteiger charge is -2.34. The normalized spacial score (nSPS) is 14.3. The molecule has 1 N–H and O–H groups in total. The monoisotopic (exact) mass is 339 g/mol. The summed E-state index contributed by atoms with van der Waals surface area (Å²) in [6.07, 6.45) is 3.08. The molecule has 0 unspecified atom stereocenters. The van der Waals surface area contributed by atoms with Gasteiger partial charge in [-0.1, -0.05) is 30.3 Å². The summed E-state index contributed by atoms with van der Waals surface area (Å²) in [6, 6.07) is 9.73. The van der Waals surface area contributed by atoms with E-state index in [1.54, 1.807) is 19.3 Å². The number of piperazine rings is 1. The van der Waals surface area contributed by atoms with Gasteiger partial charge in [0.25, 0.3) is 5.91 Å². The lowest BCUT2D eigenvalue weighted by atomic mass is 10.2. The maximum atomic E-state index is 12.2. The fraction of sp³-hybridized carbons (Fsp3) is 0.333. The number of hydrogen-bond acceptors (Lipinski definition) is 5. The molecule has 0 radical (unpaired) electrons. The molecule has 0 atom stereocenters. The first kappa shape index (κ1) is 16.9. The van der Waals surface area contributed by atoms with Crippen LogP contribution in [0.4, 0.5) is 5.95 Å². The molecule has 3 rings (SSSR count). The van der Waals surface area contributed by atoms with E-state index in [-0.39, 0.29) is 11.8 Å². The molecule has 1 aliphatic rings. The highest BCUT2D eigenvalue weighted by Gasteiger charge is 2.20. The molecule has 0 saturated carbocycles. The van der Waals surface area contributed by atoms with Gasteiger partial charge < -0.3 is 15.1 Å². The number of amides is 2. The third kappa shape index (κ3) is 4.32. The Morgan fingerprint density at radius 1 is 1.04 bits per heavy atom. The number of nitrogens with zero attached hydrogens (tertiary/aromatic N) is 4. The van der Waals surface area contributed by atoms with Crippen molar-refractivity contribution in [2.75, 3.05) is 31.1 Å². The van der Waals surface area contributed by atoms with Crippen LogP contribution in [0.3, 0.4) is 0 Å². The zero-order chi connectivity index (χ0) is 17.6. The second kappa shape index (κ2) is 7.74. The van der Waals surface area contributed by atoms with E-state index in [4.69, 9.17) is 0 Å². The van der Waals surface area contributed by atoms with Gasteiger partial charge in [-0.25, -0.2) is 9.97 Å². The molecule has 1 aromatic carbocycles. The maximum absolute atomic E-state index is 12.2. The minimum atomic E-state index is -0.197. The Balaban J connectivity index is 1.55. The van der Waals surface area contributed by atoms with Gasteiger partial charge in [0.15, 0.2) is 0 Å². The Kier molecular flexibility index (Phi) is 5.23. The van der Waals surface area contributed by atoms with E-state index >= 15 is 0 Å². The molecule has 0 bridgehead atoms. The molecule has 130 valence electrons. The second-order valence-electron chi connectivity index (χ2n) is 5.93. The second-order valence-corrected chi connectivity index (χ2v) is 5.93. The van der Waals surface area contributed by atoms with Gasteiger partial charge in [0, 0.05) is 52.0 Å². The summed E-state index contributed by atoms with van der Waals surface area (Å²) < 4.78 is 0. The van der Waals surface area contributed by atoms with E-state index in [1.165, 1.54) is 0 Å². The van der Waals surface area contributed by atoms with Gasteiger partial charge in [0.2, 0.25) is 11.9 Å². The number of benzene rings is 1. The molecule has 1 fully saturated rings. The van der Waals surface area contributed by atoms with Crippen molar-refractivity contribution in [3.8, 4) is 0 Å². The first-order chi connectivity index (χ1) is 12.1. The van der Waals surface area contributed by atoms with Crippen LogP contribution in [0.2, 0.25) is 0 Å². The summed E-state index contributed by atoms with van der Waals surface area (Å²) in [4.78, 5) is 36.0. The molecule has 1 aliphatic heterocycles. The van der Waals surface area contributed by atoms with Crippen LogP contribution in [-0.4, -0.2) is 52.9 Å². The van der Waals surface area contributed by atoms with Crippen molar-refractivity contribution in [3.63, 3.8) is 0 Å². The van der Waals surface area contributed by atoms with Gasteiger partial charge >= 0.3 is 0 Å². The fourth-order valence-electron chi connectivity index (χ4n) is 2.70. The number of nitrogens with one attached hydrogen (secondary N) is 1. The van der Waals surface area contributed by atoms with Crippen molar-refractivity contribution in [2.45, 2.75) is 13.5 Å². The van der Waals surface area contributed by atoms with Crippen LogP contribution >= 0.6 is 0 Å². The zero-order valence-electron chi connectivity index (χ0n) is 14.2. The van der Waals surface area contributed by atoms with E-state index < -0.39 is 0 Å². The quantitative estimate of drug-likeness (QED) is 0.902. The number of carbonyl (C=O) groups excluding carboxylic acids is 2. The van der Waals surface area contributed by atoms with Crippen LogP contribution in [0.15, 0.2) is 42.7 Å². The van der Waals surface area contributed by atoms with Crippen molar-refractivity contribution in [3.05, 3.63) is 53.9 Å². The molecule has 0 spiro atoms. The van der Waals surface area contributed by atoms with Gasteiger partial charge in [-0.2, -0.15) is 0 Å². The van der Waals surface area contributed by atoms with Crippen molar-refractivity contribution in [2.24, 2.45) is 0 Å². The molecule has 7 nitrogen and oxygen atoms in total. The van der Waals surface area contributed by atoms with Crippen molar-refractivity contribution in [1.29, 1.82) is 0 Å². The Labute approximate surface area is 146 Å². The van der Waals surface area contributed by atoms with Crippen molar-refractivity contribution in [1.82, 2.24) is 20.2 Å². The molecule has 2 amide bonds. The number of anilines is 1. The highest BCUT2D eigenvalue weighted by Crippen LogP contribution is 2.11. The highest BCUT2D eigenvalue weighted by molar-refractivity contribution is 5.93. The summed E-state index contributed by atoms with van der Waals surface area (Å²) >= 11 is 0. The summed E-state index contributed by atoms with van der Waals surface area (Å²) in [7, 11) is 0. The first-order valence-electron chi connectivity index (χ1n) is 8.28. The first-order valence-corrected chi connectivity index (χ1v) is 8.28. The van der Waals surface area contributed by atoms with Crippen LogP contribution in [0.1, 0.15) is 22.8 Å². The Morgan fingerprint density at radius 3 is 2.28 bits per heavy atom. The topological polar surface area (TPSA) is 78.4 Å². The van der Waals surface area contributed by atoms with Gasteiger partial charge in [-0.3, -0.25) is 9.59 Å². The van der Waals surface area contributed by atoms with Gasteiger partial charge in [-0.05, 0) is 5.56 Å². The summed E-state index contributed by atoms with van der Waals surface area (Å²) in [5, 5.41) is 2.86. The Morgan fingerprint density at radius 2 is 1.68 bits per heavy atom. The molecule has 1 saturated heterocycles. The average Bonchev–Trinajstić information content (AvgIpc) is 2.67. The number of carbonyl (C=O) groups is 2. The van der Waals surface area contributed by atoms with E-state index in [9.17, 15) is 9.59 Å². The standard InChI is InChI=1S/C18H21N5O2/c1-14(24)22-7-9-23(10-8-22)18-20-12-16(13-21-18)17(25)19-11-15-5-3-2-4-6-15/h2-6,12-13H,7-11H2,1H3,(H,19,25). The predicted molar refractivity (Wildman–Crippen MR) is 94.1 cm³/mol. The van der Waals surface area contributed by atoms with Gasteiger partial charge in [-0.15, -0.1) is 0 Å². The number of hydrogen-bond donors (Lipinski definition) is 1. The zero-order valence-corrected chi connectivity index (χ0v) is 14.2. The molecular weight excluding hydrogens is 318 g/mol. The maximum Gasteiger partial charge on any atom is 0.254 e. The summed E-state index contributed by atoms with van der Waals surface area (Å²) in [5.74, 6) is 0.477. The van der Waals surface area contributed by atoms with Crippen molar-refractivity contribution < 1.29 is 9.59 Å².